The molecule has 6 nitrogen and oxygen atoms in total. The Morgan fingerprint density at radius 2 is 2.18 bits per heavy atom. The number of carbonyl (C=O) groups excluding carboxylic acids is 1. The second kappa shape index (κ2) is 4.80. The Bertz CT molecular complexity index is 451. The SMILES string of the molecule is CC(=O)c1cc([N+](=O)[O-])c(N2CCOCC2)s1. The van der Waals surface area contributed by atoms with Gasteiger partial charge in [0.05, 0.1) is 23.0 Å². The minimum Gasteiger partial charge on any atom is -0.378 e. The van der Waals surface area contributed by atoms with E-state index in [0.717, 1.165) is 0 Å². The standard InChI is InChI=1S/C10H12N2O4S/c1-7(13)9-6-8(12(14)15)10(17-9)11-2-4-16-5-3-11/h6H,2-5H2,1H3. The Balaban J connectivity index is 2.36. The summed E-state index contributed by atoms with van der Waals surface area (Å²) >= 11 is 1.18. The van der Waals surface area contributed by atoms with Crippen LogP contribution in [0.3, 0.4) is 0 Å². The summed E-state index contributed by atoms with van der Waals surface area (Å²) in [5, 5.41) is 11.5. The maximum absolute atomic E-state index is 11.3. The van der Waals surface area contributed by atoms with Crippen LogP contribution in [0.4, 0.5) is 10.7 Å². The van der Waals surface area contributed by atoms with E-state index in [2.05, 4.69) is 0 Å². The summed E-state index contributed by atoms with van der Waals surface area (Å²) < 4.78 is 5.20. The summed E-state index contributed by atoms with van der Waals surface area (Å²) in [4.78, 5) is 24.1. The average molecular weight is 256 g/mol. The van der Waals surface area contributed by atoms with E-state index in [0.29, 0.717) is 36.2 Å². The Kier molecular flexibility index (Phi) is 3.39. The maximum atomic E-state index is 11.3. The predicted octanol–water partition coefficient (Wildman–Crippen LogP) is 1.70. The third-order valence-corrected chi connectivity index (χ3v) is 3.82. The molecule has 1 aliphatic rings. The Labute approximate surface area is 102 Å². The lowest BCUT2D eigenvalue weighted by Crippen LogP contribution is -2.35. The molecule has 0 N–H and O–H groups in total. The molecule has 17 heavy (non-hydrogen) atoms. The van der Waals surface area contributed by atoms with Gasteiger partial charge in [-0.05, 0) is 6.92 Å². The number of ketones is 1. The number of hydrogen-bond donors (Lipinski definition) is 0. The molecule has 1 aromatic rings. The van der Waals surface area contributed by atoms with Crippen LogP contribution in [0.2, 0.25) is 0 Å². The summed E-state index contributed by atoms with van der Waals surface area (Å²) in [5.41, 5.74) is 0.0158. The number of ether oxygens (including phenoxy) is 1. The van der Waals surface area contributed by atoms with Gasteiger partial charge in [-0.25, -0.2) is 0 Å². The topological polar surface area (TPSA) is 72.7 Å². The van der Waals surface area contributed by atoms with Crippen LogP contribution >= 0.6 is 11.3 Å². The van der Waals surface area contributed by atoms with Gasteiger partial charge in [0.15, 0.2) is 10.8 Å². The van der Waals surface area contributed by atoms with Crippen LogP contribution in [0.5, 0.6) is 0 Å². The van der Waals surface area contributed by atoms with Gasteiger partial charge in [-0.1, -0.05) is 0 Å². The van der Waals surface area contributed by atoms with Crippen molar-refractivity contribution in [2.75, 3.05) is 31.2 Å². The Morgan fingerprint density at radius 3 is 2.71 bits per heavy atom. The molecule has 2 heterocycles. The van der Waals surface area contributed by atoms with Crippen molar-refractivity contribution in [3.8, 4) is 0 Å². The van der Waals surface area contributed by atoms with Gasteiger partial charge in [0.1, 0.15) is 0 Å². The van der Waals surface area contributed by atoms with Gasteiger partial charge in [-0.2, -0.15) is 0 Å². The number of thiophene rings is 1. The Morgan fingerprint density at radius 1 is 1.53 bits per heavy atom. The van der Waals surface area contributed by atoms with Crippen molar-refractivity contribution < 1.29 is 14.5 Å². The maximum Gasteiger partial charge on any atom is 0.304 e. The van der Waals surface area contributed by atoms with E-state index >= 15 is 0 Å². The number of Topliss-reactive ketones (excluding diaryl/α,β-unsaturated/α-hetero) is 1. The highest BCUT2D eigenvalue weighted by Gasteiger charge is 2.26. The van der Waals surface area contributed by atoms with Gasteiger partial charge in [0.25, 0.3) is 0 Å². The molecule has 1 aliphatic heterocycles. The number of nitro groups is 1. The number of anilines is 1. The predicted molar refractivity (Wildman–Crippen MR) is 64.0 cm³/mol. The molecular formula is C10H12N2O4S. The van der Waals surface area contributed by atoms with Gasteiger partial charge in [0, 0.05) is 19.2 Å². The number of hydrogen-bond acceptors (Lipinski definition) is 6. The summed E-state index contributed by atoms with van der Waals surface area (Å²) in [7, 11) is 0. The molecule has 1 aromatic heterocycles. The van der Waals surface area contributed by atoms with Crippen LogP contribution in [0, 0.1) is 10.1 Å². The zero-order valence-corrected chi connectivity index (χ0v) is 10.2. The summed E-state index contributed by atoms with van der Waals surface area (Å²) in [6, 6.07) is 1.36. The van der Waals surface area contributed by atoms with E-state index in [4.69, 9.17) is 4.74 Å². The highest BCUT2D eigenvalue weighted by molar-refractivity contribution is 7.18. The molecule has 1 saturated heterocycles. The summed E-state index contributed by atoms with van der Waals surface area (Å²) in [6.45, 7) is 3.78. The van der Waals surface area contributed by atoms with Gasteiger partial charge in [0.2, 0.25) is 0 Å². The average Bonchev–Trinajstić information content (AvgIpc) is 2.75. The van der Waals surface area contributed by atoms with E-state index in [1.165, 1.54) is 24.3 Å². The van der Waals surface area contributed by atoms with E-state index in [1.54, 1.807) is 0 Å². The van der Waals surface area contributed by atoms with E-state index in [1.807, 2.05) is 4.90 Å². The quantitative estimate of drug-likeness (QED) is 0.467. The third-order valence-electron chi connectivity index (χ3n) is 2.54. The lowest BCUT2D eigenvalue weighted by Gasteiger charge is -2.26. The zero-order chi connectivity index (χ0) is 12.4. The van der Waals surface area contributed by atoms with E-state index in [9.17, 15) is 14.9 Å². The molecule has 0 radical (unpaired) electrons. The second-order valence-electron chi connectivity index (χ2n) is 3.71. The molecule has 0 saturated carbocycles. The van der Waals surface area contributed by atoms with Crippen molar-refractivity contribution in [2.24, 2.45) is 0 Å². The van der Waals surface area contributed by atoms with Gasteiger partial charge in [-0.3, -0.25) is 14.9 Å². The lowest BCUT2D eigenvalue weighted by atomic mass is 10.3. The van der Waals surface area contributed by atoms with Crippen LogP contribution in [-0.4, -0.2) is 37.0 Å². The van der Waals surface area contributed by atoms with Crippen LogP contribution in [0.1, 0.15) is 16.6 Å². The van der Waals surface area contributed by atoms with E-state index in [-0.39, 0.29) is 11.5 Å². The highest BCUT2D eigenvalue weighted by atomic mass is 32.1. The van der Waals surface area contributed by atoms with Crippen LogP contribution in [0.25, 0.3) is 0 Å². The minimum absolute atomic E-state index is 0.0158. The summed E-state index contributed by atoms with van der Waals surface area (Å²) in [5.74, 6) is -0.141. The van der Waals surface area contributed by atoms with Gasteiger partial charge >= 0.3 is 5.69 Å². The fourth-order valence-corrected chi connectivity index (χ4v) is 2.74. The van der Waals surface area contributed by atoms with Crippen molar-refractivity contribution >= 4 is 27.8 Å². The first-order valence-electron chi connectivity index (χ1n) is 5.21. The molecule has 0 amide bonds. The molecule has 0 bridgehead atoms. The normalized spacial score (nSPS) is 15.9. The van der Waals surface area contributed by atoms with Crippen molar-refractivity contribution in [3.05, 3.63) is 21.1 Å². The first-order chi connectivity index (χ1) is 8.09. The number of nitrogens with zero attached hydrogens (tertiary/aromatic N) is 2. The number of rotatable bonds is 3. The molecule has 0 aromatic carbocycles. The van der Waals surface area contributed by atoms with Crippen molar-refractivity contribution in [2.45, 2.75) is 6.92 Å². The van der Waals surface area contributed by atoms with Gasteiger partial charge < -0.3 is 9.64 Å². The third kappa shape index (κ3) is 2.45. The fraction of sp³-hybridized carbons (Fsp3) is 0.500. The Hall–Kier alpha value is -1.47. The first kappa shape index (κ1) is 12.0. The molecule has 2 rings (SSSR count). The molecule has 0 spiro atoms. The lowest BCUT2D eigenvalue weighted by molar-refractivity contribution is -0.383. The molecule has 0 atom stereocenters. The van der Waals surface area contributed by atoms with Crippen LogP contribution in [0.15, 0.2) is 6.07 Å². The summed E-state index contributed by atoms with van der Waals surface area (Å²) in [6.07, 6.45) is 0. The highest BCUT2D eigenvalue weighted by Crippen LogP contribution is 2.38. The molecule has 0 unspecified atom stereocenters. The van der Waals surface area contributed by atoms with Crippen molar-refractivity contribution in [1.29, 1.82) is 0 Å². The molecule has 92 valence electrons. The van der Waals surface area contributed by atoms with Crippen LogP contribution in [-0.2, 0) is 4.74 Å². The first-order valence-corrected chi connectivity index (χ1v) is 6.03. The minimum atomic E-state index is -0.437. The fourth-order valence-electron chi connectivity index (χ4n) is 1.67. The number of carbonyl (C=O) groups is 1. The second-order valence-corrected chi connectivity index (χ2v) is 4.74. The monoisotopic (exact) mass is 256 g/mol. The molecular weight excluding hydrogens is 244 g/mol. The van der Waals surface area contributed by atoms with Crippen molar-refractivity contribution in [3.63, 3.8) is 0 Å². The zero-order valence-electron chi connectivity index (χ0n) is 9.34. The van der Waals surface area contributed by atoms with E-state index < -0.39 is 4.92 Å². The largest absolute Gasteiger partial charge is 0.378 e. The molecule has 1 fully saturated rings. The van der Waals surface area contributed by atoms with Crippen molar-refractivity contribution in [1.82, 2.24) is 0 Å². The molecule has 7 heteroatoms. The van der Waals surface area contributed by atoms with Crippen LogP contribution < -0.4 is 4.90 Å². The van der Waals surface area contributed by atoms with Gasteiger partial charge in [-0.15, -0.1) is 11.3 Å². The number of morpholine rings is 1. The smallest absolute Gasteiger partial charge is 0.304 e. The molecule has 0 aliphatic carbocycles.